The number of nitrogens with one attached hydrogen (secondary N) is 1. The van der Waals surface area contributed by atoms with E-state index in [2.05, 4.69) is 68.1 Å². The van der Waals surface area contributed by atoms with E-state index in [9.17, 15) is 0 Å². The van der Waals surface area contributed by atoms with Crippen molar-refractivity contribution in [1.82, 2.24) is 25.1 Å². The number of fused-ring (bicyclic) bond motifs is 3. The number of nitrogens with zero attached hydrogens (tertiary/aromatic N) is 6. The maximum Gasteiger partial charge on any atom is 0.196 e. The summed E-state index contributed by atoms with van der Waals surface area (Å²) >= 11 is 1.77. The lowest BCUT2D eigenvalue weighted by Gasteiger charge is -2.29. The van der Waals surface area contributed by atoms with E-state index >= 15 is 0 Å². The molecule has 174 valence electrons. The third-order valence-electron chi connectivity index (χ3n) is 6.71. The van der Waals surface area contributed by atoms with Crippen molar-refractivity contribution in [2.24, 2.45) is 4.99 Å². The standard InChI is InChI=1S/C25H27N7OS/c1-15-16(2)34-25-22(15)23(18-4-6-19(7-5-18)31-11-8-26-9-12-31)28-20(14-21-27-10-13-33-21)24-30-29-17(3)32(24)25/h4-7,10,13,20,26H,8-9,11-12,14H2,1-3H3/t20-/m0/s1. The first-order valence-electron chi connectivity index (χ1n) is 11.6. The summed E-state index contributed by atoms with van der Waals surface area (Å²) in [4.78, 5) is 13.4. The Hall–Kier alpha value is -3.30. The Morgan fingerprint density at radius 2 is 1.88 bits per heavy atom. The molecule has 5 heterocycles. The Bertz CT molecular complexity index is 1340. The SMILES string of the molecule is Cc1sc2c(c1C)C(c1ccc(N3CCNCC3)cc1)=N[C@@H](Cc1ncco1)c1nnc(C)n1-2. The summed E-state index contributed by atoms with van der Waals surface area (Å²) in [6.07, 6.45) is 3.80. The van der Waals surface area contributed by atoms with Crippen LogP contribution in [0.1, 0.15) is 45.1 Å². The van der Waals surface area contributed by atoms with Crippen molar-refractivity contribution in [3.8, 4) is 5.00 Å². The molecule has 2 aliphatic heterocycles. The van der Waals surface area contributed by atoms with Crippen LogP contribution >= 0.6 is 11.3 Å². The molecule has 9 heteroatoms. The first-order chi connectivity index (χ1) is 16.6. The molecule has 1 aromatic carbocycles. The zero-order valence-corrected chi connectivity index (χ0v) is 20.4. The van der Waals surface area contributed by atoms with Crippen molar-refractivity contribution in [3.05, 3.63) is 75.8 Å². The fourth-order valence-electron chi connectivity index (χ4n) is 4.80. The summed E-state index contributed by atoms with van der Waals surface area (Å²) in [5, 5.41) is 13.5. The highest BCUT2D eigenvalue weighted by Gasteiger charge is 2.32. The van der Waals surface area contributed by atoms with E-state index in [1.807, 2.05) is 6.92 Å². The van der Waals surface area contributed by atoms with Crippen LogP contribution in [-0.2, 0) is 6.42 Å². The second kappa shape index (κ2) is 8.48. The van der Waals surface area contributed by atoms with Gasteiger partial charge < -0.3 is 14.6 Å². The predicted octanol–water partition coefficient (Wildman–Crippen LogP) is 3.79. The third kappa shape index (κ3) is 3.56. The molecule has 1 saturated heterocycles. The Kier molecular flexibility index (Phi) is 5.30. The number of aliphatic imine (C=N–C) groups is 1. The largest absolute Gasteiger partial charge is 0.449 e. The average molecular weight is 474 g/mol. The average Bonchev–Trinajstić information content (AvgIpc) is 3.56. The summed E-state index contributed by atoms with van der Waals surface area (Å²) in [5.74, 6) is 2.33. The van der Waals surface area contributed by atoms with Crippen LogP contribution in [0.2, 0.25) is 0 Å². The Balaban J connectivity index is 1.49. The molecule has 1 atom stereocenters. The maximum absolute atomic E-state index is 5.58. The van der Waals surface area contributed by atoms with Crippen LogP contribution in [0.25, 0.3) is 5.00 Å². The van der Waals surface area contributed by atoms with Gasteiger partial charge in [-0.05, 0) is 38.5 Å². The monoisotopic (exact) mass is 473 g/mol. The van der Waals surface area contributed by atoms with Gasteiger partial charge in [0.25, 0.3) is 0 Å². The number of aromatic nitrogens is 4. The minimum absolute atomic E-state index is 0.248. The van der Waals surface area contributed by atoms with Gasteiger partial charge in [0.15, 0.2) is 11.7 Å². The minimum Gasteiger partial charge on any atom is -0.449 e. The fraction of sp³-hybridized carbons (Fsp3) is 0.360. The van der Waals surface area contributed by atoms with Crippen LogP contribution in [0.4, 0.5) is 5.69 Å². The topological polar surface area (TPSA) is 84.4 Å². The van der Waals surface area contributed by atoms with E-state index in [1.54, 1.807) is 23.8 Å². The van der Waals surface area contributed by atoms with Crippen LogP contribution < -0.4 is 10.2 Å². The van der Waals surface area contributed by atoms with Gasteiger partial charge in [-0.15, -0.1) is 21.5 Å². The van der Waals surface area contributed by atoms with Crippen molar-refractivity contribution < 1.29 is 4.42 Å². The van der Waals surface area contributed by atoms with Crippen molar-refractivity contribution in [1.29, 1.82) is 0 Å². The number of thiophene rings is 1. The number of hydrogen-bond acceptors (Lipinski definition) is 8. The first-order valence-corrected chi connectivity index (χ1v) is 12.5. The van der Waals surface area contributed by atoms with E-state index in [1.165, 1.54) is 16.1 Å². The quantitative estimate of drug-likeness (QED) is 0.486. The number of piperazine rings is 1. The van der Waals surface area contributed by atoms with Gasteiger partial charge in [-0.1, -0.05) is 12.1 Å². The molecule has 3 aromatic heterocycles. The molecule has 2 aliphatic rings. The molecule has 1 fully saturated rings. The third-order valence-corrected chi connectivity index (χ3v) is 7.91. The lowest BCUT2D eigenvalue weighted by Crippen LogP contribution is -2.43. The molecule has 0 bridgehead atoms. The first kappa shape index (κ1) is 21.2. The van der Waals surface area contributed by atoms with Gasteiger partial charge in [-0.2, -0.15) is 0 Å². The second-order valence-electron chi connectivity index (χ2n) is 8.81. The van der Waals surface area contributed by atoms with E-state index in [-0.39, 0.29) is 6.04 Å². The second-order valence-corrected chi connectivity index (χ2v) is 10.0. The minimum atomic E-state index is -0.248. The smallest absolute Gasteiger partial charge is 0.196 e. The summed E-state index contributed by atoms with van der Waals surface area (Å²) in [7, 11) is 0. The molecule has 0 aliphatic carbocycles. The van der Waals surface area contributed by atoms with Crippen molar-refractivity contribution in [2.75, 3.05) is 31.1 Å². The Labute approximate surface area is 202 Å². The Morgan fingerprint density at radius 3 is 2.62 bits per heavy atom. The normalized spacial score (nSPS) is 17.8. The van der Waals surface area contributed by atoms with E-state index in [4.69, 9.17) is 9.41 Å². The molecule has 0 saturated carbocycles. The fourth-order valence-corrected chi connectivity index (χ4v) is 6.01. The van der Waals surface area contributed by atoms with Gasteiger partial charge in [0, 0.05) is 47.9 Å². The summed E-state index contributed by atoms with van der Waals surface area (Å²) in [6.45, 7) is 10.4. The van der Waals surface area contributed by atoms with Crippen LogP contribution in [0.3, 0.4) is 0 Å². The molecule has 8 nitrogen and oxygen atoms in total. The lowest BCUT2D eigenvalue weighted by atomic mass is 9.99. The summed E-state index contributed by atoms with van der Waals surface area (Å²) < 4.78 is 7.74. The molecular weight excluding hydrogens is 446 g/mol. The molecule has 34 heavy (non-hydrogen) atoms. The number of rotatable bonds is 4. The zero-order valence-electron chi connectivity index (χ0n) is 19.6. The van der Waals surface area contributed by atoms with Gasteiger partial charge in [0.2, 0.25) is 0 Å². The number of benzene rings is 1. The molecule has 0 amide bonds. The highest BCUT2D eigenvalue weighted by atomic mass is 32.1. The van der Waals surface area contributed by atoms with Crippen LogP contribution in [0, 0.1) is 20.8 Å². The summed E-state index contributed by atoms with van der Waals surface area (Å²) in [6, 6.07) is 8.59. The van der Waals surface area contributed by atoms with Crippen molar-refractivity contribution in [3.63, 3.8) is 0 Å². The predicted molar refractivity (Wildman–Crippen MR) is 134 cm³/mol. The van der Waals surface area contributed by atoms with Crippen LogP contribution in [0.15, 0.2) is 46.1 Å². The van der Waals surface area contributed by atoms with Gasteiger partial charge in [-0.3, -0.25) is 9.56 Å². The van der Waals surface area contributed by atoms with E-state index in [0.29, 0.717) is 12.3 Å². The van der Waals surface area contributed by atoms with Gasteiger partial charge >= 0.3 is 0 Å². The molecular formula is C25H27N7OS. The number of anilines is 1. The maximum atomic E-state index is 5.58. The van der Waals surface area contributed by atoms with Gasteiger partial charge in [-0.25, -0.2) is 4.98 Å². The number of hydrogen-bond donors (Lipinski definition) is 1. The summed E-state index contributed by atoms with van der Waals surface area (Å²) in [5.41, 5.74) is 5.76. The van der Waals surface area contributed by atoms with Crippen LogP contribution in [0.5, 0.6) is 0 Å². The molecule has 0 unspecified atom stereocenters. The number of aryl methyl sites for hydroxylation is 2. The van der Waals surface area contributed by atoms with E-state index < -0.39 is 0 Å². The van der Waals surface area contributed by atoms with Gasteiger partial charge in [0.05, 0.1) is 18.3 Å². The zero-order chi connectivity index (χ0) is 23.2. The van der Waals surface area contributed by atoms with Gasteiger partial charge in [0.1, 0.15) is 23.1 Å². The molecule has 0 radical (unpaired) electrons. The molecule has 4 aromatic rings. The molecule has 1 N–H and O–H groups in total. The Morgan fingerprint density at radius 1 is 1.09 bits per heavy atom. The molecule has 6 rings (SSSR count). The lowest BCUT2D eigenvalue weighted by molar-refractivity contribution is 0.467. The van der Waals surface area contributed by atoms with E-state index in [0.717, 1.165) is 59.7 Å². The highest BCUT2D eigenvalue weighted by Crippen LogP contribution is 2.39. The molecule has 0 spiro atoms. The van der Waals surface area contributed by atoms with Crippen molar-refractivity contribution in [2.45, 2.75) is 33.2 Å². The van der Waals surface area contributed by atoms with Crippen molar-refractivity contribution >= 4 is 22.7 Å². The van der Waals surface area contributed by atoms with Crippen LogP contribution in [-0.4, -0.2) is 51.6 Å². The number of oxazole rings is 1. The highest BCUT2D eigenvalue weighted by molar-refractivity contribution is 7.15.